The van der Waals surface area contributed by atoms with E-state index in [1.54, 1.807) is 18.2 Å². The van der Waals surface area contributed by atoms with Crippen LogP contribution in [0.25, 0.3) is 22.3 Å². The van der Waals surface area contributed by atoms with E-state index in [1.807, 2.05) is 53.4 Å². The molecule has 1 amide bonds. The quantitative estimate of drug-likeness (QED) is 0.482. The van der Waals surface area contributed by atoms with E-state index < -0.39 is 0 Å². The van der Waals surface area contributed by atoms with Crippen LogP contribution in [0.15, 0.2) is 72.8 Å². The normalized spacial score (nSPS) is 15.2. The van der Waals surface area contributed by atoms with Crippen LogP contribution in [-0.2, 0) is 0 Å². The molecular formula is C26H22N4O3. The Morgan fingerprint density at radius 2 is 1.55 bits per heavy atom. The number of ether oxygens (including phenoxy) is 2. The minimum atomic E-state index is 0.00506. The molecule has 0 aliphatic carbocycles. The van der Waals surface area contributed by atoms with Crippen molar-refractivity contribution in [2.45, 2.75) is 0 Å². The van der Waals surface area contributed by atoms with Gasteiger partial charge in [0.25, 0.3) is 5.91 Å². The lowest BCUT2D eigenvalue weighted by Gasteiger charge is -2.36. The second-order valence-corrected chi connectivity index (χ2v) is 8.10. The summed E-state index contributed by atoms with van der Waals surface area (Å²) in [6.45, 7) is 2.83. The number of amides is 1. The molecule has 1 saturated heterocycles. The van der Waals surface area contributed by atoms with E-state index in [2.05, 4.69) is 11.0 Å². The number of hydrogen-bond donors (Lipinski definition) is 0. The second-order valence-electron chi connectivity index (χ2n) is 8.10. The summed E-state index contributed by atoms with van der Waals surface area (Å²) in [6.07, 6.45) is 0. The number of nitrogens with zero attached hydrogens (tertiary/aromatic N) is 4. The zero-order chi connectivity index (χ0) is 22.2. The van der Waals surface area contributed by atoms with Crippen LogP contribution in [0.3, 0.4) is 0 Å². The van der Waals surface area contributed by atoms with Gasteiger partial charge >= 0.3 is 0 Å². The van der Waals surface area contributed by atoms with Crippen LogP contribution in [0.2, 0.25) is 0 Å². The molecule has 3 heterocycles. The van der Waals surface area contributed by atoms with E-state index in [-0.39, 0.29) is 12.7 Å². The van der Waals surface area contributed by atoms with Gasteiger partial charge in [0.15, 0.2) is 17.3 Å². The van der Waals surface area contributed by atoms with Crippen molar-refractivity contribution in [2.24, 2.45) is 0 Å². The first-order chi connectivity index (χ1) is 16.3. The summed E-state index contributed by atoms with van der Waals surface area (Å²) >= 11 is 0. The molecule has 0 saturated carbocycles. The molecule has 3 aromatic carbocycles. The average Bonchev–Trinajstić information content (AvgIpc) is 3.36. The number of aromatic nitrogens is 2. The first-order valence-electron chi connectivity index (χ1n) is 11.0. The molecule has 6 rings (SSSR count). The lowest BCUT2D eigenvalue weighted by atomic mass is 10.1. The Kier molecular flexibility index (Phi) is 4.79. The number of para-hydroxylation sites is 1. The highest BCUT2D eigenvalue weighted by atomic mass is 16.7. The van der Waals surface area contributed by atoms with Crippen molar-refractivity contribution < 1.29 is 14.3 Å². The van der Waals surface area contributed by atoms with Gasteiger partial charge in [-0.25, -0.2) is 9.97 Å². The Hall–Kier alpha value is -4.13. The summed E-state index contributed by atoms with van der Waals surface area (Å²) < 4.78 is 10.8. The third kappa shape index (κ3) is 3.61. The number of fused-ring (bicyclic) bond motifs is 2. The molecule has 0 N–H and O–H groups in total. The van der Waals surface area contributed by atoms with Gasteiger partial charge in [-0.1, -0.05) is 42.5 Å². The first kappa shape index (κ1) is 19.5. The maximum atomic E-state index is 13.1. The van der Waals surface area contributed by atoms with Crippen LogP contribution in [0.4, 0.5) is 5.82 Å². The van der Waals surface area contributed by atoms with Gasteiger partial charge in [-0.05, 0) is 30.3 Å². The fourth-order valence-corrected chi connectivity index (χ4v) is 4.35. The van der Waals surface area contributed by atoms with E-state index in [4.69, 9.17) is 19.4 Å². The Bertz CT molecular complexity index is 1330. The topological polar surface area (TPSA) is 67.8 Å². The molecule has 0 unspecified atom stereocenters. The Morgan fingerprint density at radius 3 is 2.39 bits per heavy atom. The molecule has 33 heavy (non-hydrogen) atoms. The van der Waals surface area contributed by atoms with Crippen molar-refractivity contribution in [2.75, 3.05) is 37.9 Å². The van der Waals surface area contributed by atoms with Crippen LogP contribution < -0.4 is 14.4 Å². The molecule has 4 aromatic rings. The zero-order valence-corrected chi connectivity index (χ0v) is 18.0. The van der Waals surface area contributed by atoms with Gasteiger partial charge in [-0.2, -0.15) is 0 Å². The number of carbonyl (C=O) groups is 1. The third-order valence-corrected chi connectivity index (χ3v) is 6.10. The molecule has 1 fully saturated rings. The number of anilines is 1. The van der Waals surface area contributed by atoms with Crippen molar-refractivity contribution in [3.05, 3.63) is 78.4 Å². The molecule has 0 bridgehead atoms. The maximum absolute atomic E-state index is 13.1. The third-order valence-electron chi connectivity index (χ3n) is 6.10. The highest BCUT2D eigenvalue weighted by Crippen LogP contribution is 2.33. The van der Waals surface area contributed by atoms with Crippen molar-refractivity contribution in [1.29, 1.82) is 0 Å². The van der Waals surface area contributed by atoms with Gasteiger partial charge < -0.3 is 19.3 Å². The minimum absolute atomic E-state index is 0.00506. The average molecular weight is 438 g/mol. The highest BCUT2D eigenvalue weighted by Gasteiger charge is 2.26. The lowest BCUT2D eigenvalue weighted by molar-refractivity contribution is 0.0746. The molecular weight excluding hydrogens is 416 g/mol. The molecule has 2 aliphatic rings. The summed E-state index contributed by atoms with van der Waals surface area (Å²) in [5.41, 5.74) is 2.52. The van der Waals surface area contributed by atoms with Crippen LogP contribution in [0.1, 0.15) is 10.4 Å². The SMILES string of the molecule is O=C(c1ccc2c(c1)OCO2)N1CCN(c2nc(-c3ccccc3)nc3ccccc23)CC1. The maximum Gasteiger partial charge on any atom is 0.254 e. The number of hydrogen-bond acceptors (Lipinski definition) is 6. The second kappa shape index (κ2) is 8.09. The van der Waals surface area contributed by atoms with E-state index in [9.17, 15) is 4.79 Å². The standard InChI is InChI=1S/C26H22N4O3/c31-26(19-10-11-22-23(16-19)33-17-32-22)30-14-12-29(13-15-30)25-20-8-4-5-9-21(20)27-24(28-25)18-6-2-1-3-7-18/h1-11,16H,12-15,17H2. The Morgan fingerprint density at radius 1 is 0.788 bits per heavy atom. The largest absolute Gasteiger partial charge is 0.454 e. The van der Waals surface area contributed by atoms with E-state index in [0.717, 1.165) is 22.3 Å². The molecule has 7 heteroatoms. The molecule has 0 atom stereocenters. The molecule has 0 spiro atoms. The minimum Gasteiger partial charge on any atom is -0.454 e. The number of benzene rings is 3. The molecule has 7 nitrogen and oxygen atoms in total. The number of rotatable bonds is 3. The van der Waals surface area contributed by atoms with Crippen LogP contribution in [-0.4, -0.2) is 53.7 Å². The van der Waals surface area contributed by atoms with Crippen LogP contribution in [0, 0.1) is 0 Å². The Balaban J connectivity index is 1.25. The van der Waals surface area contributed by atoms with Gasteiger partial charge in [0.2, 0.25) is 6.79 Å². The van der Waals surface area contributed by atoms with Gasteiger partial charge in [0.05, 0.1) is 5.52 Å². The lowest BCUT2D eigenvalue weighted by Crippen LogP contribution is -2.49. The number of carbonyl (C=O) groups excluding carboxylic acids is 1. The van der Waals surface area contributed by atoms with Gasteiger partial charge in [0.1, 0.15) is 5.82 Å². The van der Waals surface area contributed by atoms with Crippen molar-refractivity contribution in [3.63, 3.8) is 0 Å². The smallest absolute Gasteiger partial charge is 0.254 e. The van der Waals surface area contributed by atoms with Crippen molar-refractivity contribution in [1.82, 2.24) is 14.9 Å². The van der Waals surface area contributed by atoms with Gasteiger partial charge in [0, 0.05) is 42.7 Å². The number of piperazine rings is 1. The summed E-state index contributed by atoms with van der Waals surface area (Å²) in [4.78, 5) is 26.9. The predicted molar refractivity (Wildman–Crippen MR) is 126 cm³/mol. The monoisotopic (exact) mass is 438 g/mol. The van der Waals surface area contributed by atoms with Crippen molar-refractivity contribution in [3.8, 4) is 22.9 Å². The van der Waals surface area contributed by atoms with Crippen molar-refractivity contribution >= 4 is 22.6 Å². The first-order valence-corrected chi connectivity index (χ1v) is 11.0. The molecule has 2 aliphatic heterocycles. The van der Waals surface area contributed by atoms with Crippen LogP contribution in [0.5, 0.6) is 11.5 Å². The highest BCUT2D eigenvalue weighted by molar-refractivity contribution is 5.95. The molecule has 164 valence electrons. The van der Waals surface area contributed by atoms with Gasteiger partial charge in [-0.3, -0.25) is 4.79 Å². The van der Waals surface area contributed by atoms with Gasteiger partial charge in [-0.15, -0.1) is 0 Å². The summed E-state index contributed by atoms with van der Waals surface area (Å²) in [6, 6.07) is 23.5. The van der Waals surface area contributed by atoms with E-state index in [1.165, 1.54) is 0 Å². The summed E-state index contributed by atoms with van der Waals surface area (Å²) in [5, 5.41) is 1.02. The fraction of sp³-hybridized carbons (Fsp3) is 0.192. The zero-order valence-electron chi connectivity index (χ0n) is 18.0. The van der Waals surface area contributed by atoms with Crippen LogP contribution >= 0.6 is 0 Å². The predicted octanol–water partition coefficient (Wildman–Crippen LogP) is 3.99. The van der Waals surface area contributed by atoms with E-state index in [0.29, 0.717) is 49.1 Å². The summed E-state index contributed by atoms with van der Waals surface area (Å²) in [7, 11) is 0. The molecule has 0 radical (unpaired) electrons. The van der Waals surface area contributed by atoms with E-state index >= 15 is 0 Å². The molecule has 1 aromatic heterocycles. The fourth-order valence-electron chi connectivity index (χ4n) is 4.35. The Labute approximate surface area is 191 Å². The summed E-state index contributed by atoms with van der Waals surface area (Å²) in [5.74, 6) is 2.94.